The van der Waals surface area contributed by atoms with Crippen molar-refractivity contribution in [2.24, 2.45) is 23.0 Å². The second-order valence-corrected chi connectivity index (χ2v) is 6.92. The van der Waals surface area contributed by atoms with E-state index in [0.29, 0.717) is 4.99 Å². The van der Waals surface area contributed by atoms with E-state index in [9.17, 15) is 4.79 Å². The number of rotatable bonds is 5. The van der Waals surface area contributed by atoms with E-state index in [0.717, 1.165) is 44.1 Å². The SMILES string of the molecule is CC1CCCC(CCNC(=O)C2(C(N)=S)CCC2)C1. The van der Waals surface area contributed by atoms with Gasteiger partial charge in [0.15, 0.2) is 0 Å². The van der Waals surface area contributed by atoms with Crippen LogP contribution in [0.1, 0.15) is 58.3 Å². The van der Waals surface area contributed by atoms with Crippen molar-refractivity contribution in [3.05, 3.63) is 0 Å². The first kappa shape index (κ1) is 14.8. The van der Waals surface area contributed by atoms with E-state index in [-0.39, 0.29) is 5.91 Å². The lowest BCUT2D eigenvalue weighted by molar-refractivity contribution is -0.130. The maximum absolute atomic E-state index is 12.2. The number of carbonyl (C=O) groups is 1. The molecule has 0 heterocycles. The summed E-state index contributed by atoms with van der Waals surface area (Å²) in [6, 6.07) is 0. The van der Waals surface area contributed by atoms with Crippen LogP contribution in [0.3, 0.4) is 0 Å². The molecule has 0 aromatic heterocycles. The molecule has 2 atom stereocenters. The fraction of sp³-hybridized carbons (Fsp3) is 0.867. The molecule has 0 radical (unpaired) electrons. The summed E-state index contributed by atoms with van der Waals surface area (Å²) in [6.45, 7) is 3.11. The number of thiocarbonyl (C=S) groups is 1. The normalized spacial score (nSPS) is 29.3. The molecule has 0 aromatic carbocycles. The molecule has 0 spiro atoms. The summed E-state index contributed by atoms with van der Waals surface area (Å²) < 4.78 is 0. The zero-order chi connectivity index (χ0) is 13.9. The molecule has 3 nitrogen and oxygen atoms in total. The van der Waals surface area contributed by atoms with Crippen LogP contribution in [-0.2, 0) is 4.79 Å². The summed E-state index contributed by atoms with van der Waals surface area (Å²) in [4.78, 5) is 12.6. The van der Waals surface area contributed by atoms with Crippen LogP contribution in [0.25, 0.3) is 0 Å². The molecular weight excluding hydrogens is 256 g/mol. The van der Waals surface area contributed by atoms with Gasteiger partial charge in [0.2, 0.25) is 5.91 Å². The smallest absolute Gasteiger partial charge is 0.233 e. The maximum atomic E-state index is 12.2. The molecule has 2 unspecified atom stereocenters. The van der Waals surface area contributed by atoms with Gasteiger partial charge < -0.3 is 11.1 Å². The van der Waals surface area contributed by atoms with E-state index in [1.165, 1.54) is 25.7 Å². The van der Waals surface area contributed by atoms with Crippen LogP contribution < -0.4 is 11.1 Å². The van der Waals surface area contributed by atoms with Gasteiger partial charge in [-0.3, -0.25) is 4.79 Å². The third kappa shape index (κ3) is 3.28. The lowest BCUT2D eigenvalue weighted by Crippen LogP contribution is -2.53. The fourth-order valence-corrected chi connectivity index (χ4v) is 3.79. The van der Waals surface area contributed by atoms with Crippen LogP contribution in [0.5, 0.6) is 0 Å². The molecule has 1 amide bonds. The molecule has 108 valence electrons. The van der Waals surface area contributed by atoms with E-state index in [1.54, 1.807) is 0 Å². The van der Waals surface area contributed by atoms with E-state index < -0.39 is 5.41 Å². The maximum Gasteiger partial charge on any atom is 0.233 e. The number of amides is 1. The molecule has 2 fully saturated rings. The highest BCUT2D eigenvalue weighted by molar-refractivity contribution is 7.80. The van der Waals surface area contributed by atoms with Gasteiger partial charge in [0.1, 0.15) is 0 Å². The summed E-state index contributed by atoms with van der Waals surface area (Å²) in [7, 11) is 0. The Labute approximate surface area is 121 Å². The first-order chi connectivity index (χ1) is 9.04. The van der Waals surface area contributed by atoms with Crippen LogP contribution in [0.2, 0.25) is 0 Å². The van der Waals surface area contributed by atoms with Crippen molar-refractivity contribution >= 4 is 23.1 Å². The zero-order valence-corrected chi connectivity index (χ0v) is 12.7. The Kier molecular flexibility index (Phi) is 4.82. The molecule has 2 aliphatic rings. The van der Waals surface area contributed by atoms with Gasteiger partial charge >= 0.3 is 0 Å². The summed E-state index contributed by atoms with van der Waals surface area (Å²) in [5.41, 5.74) is 5.22. The highest BCUT2D eigenvalue weighted by Gasteiger charge is 2.46. The van der Waals surface area contributed by atoms with Crippen LogP contribution in [0.4, 0.5) is 0 Å². The molecule has 0 aromatic rings. The average Bonchev–Trinajstić information content (AvgIpc) is 2.26. The predicted octanol–water partition coefficient (Wildman–Crippen LogP) is 2.78. The van der Waals surface area contributed by atoms with Crippen LogP contribution in [0.15, 0.2) is 0 Å². The molecule has 19 heavy (non-hydrogen) atoms. The van der Waals surface area contributed by atoms with Gasteiger partial charge in [-0.1, -0.05) is 44.8 Å². The topological polar surface area (TPSA) is 55.1 Å². The quantitative estimate of drug-likeness (QED) is 0.762. The number of hydrogen-bond acceptors (Lipinski definition) is 2. The van der Waals surface area contributed by atoms with Gasteiger partial charge in [0, 0.05) is 6.54 Å². The monoisotopic (exact) mass is 282 g/mol. The summed E-state index contributed by atoms with van der Waals surface area (Å²) in [5, 5.41) is 3.06. The third-order valence-electron chi connectivity index (χ3n) is 5.00. The number of carbonyl (C=O) groups excluding carboxylic acids is 1. The largest absolute Gasteiger partial charge is 0.392 e. The zero-order valence-electron chi connectivity index (χ0n) is 11.9. The number of hydrogen-bond donors (Lipinski definition) is 2. The van der Waals surface area contributed by atoms with Crippen molar-refractivity contribution in [3.63, 3.8) is 0 Å². The lowest BCUT2D eigenvalue weighted by Gasteiger charge is -2.39. The van der Waals surface area contributed by atoms with E-state index in [2.05, 4.69) is 12.2 Å². The van der Waals surface area contributed by atoms with Crippen molar-refractivity contribution in [2.75, 3.05) is 6.54 Å². The number of nitrogens with two attached hydrogens (primary N) is 1. The fourth-order valence-electron chi connectivity index (χ4n) is 3.50. The van der Waals surface area contributed by atoms with Gasteiger partial charge in [-0.05, 0) is 37.5 Å². The molecule has 0 saturated heterocycles. The highest BCUT2D eigenvalue weighted by Crippen LogP contribution is 2.41. The molecular formula is C15H26N2OS. The molecule has 2 rings (SSSR count). The van der Waals surface area contributed by atoms with Gasteiger partial charge in [0.25, 0.3) is 0 Å². The Bertz CT molecular complexity index is 352. The molecule has 2 aliphatic carbocycles. The van der Waals surface area contributed by atoms with E-state index >= 15 is 0 Å². The molecule has 0 aliphatic heterocycles. The Hall–Kier alpha value is -0.640. The van der Waals surface area contributed by atoms with Crippen molar-refractivity contribution in [3.8, 4) is 0 Å². The third-order valence-corrected chi connectivity index (χ3v) is 5.39. The Balaban J connectivity index is 1.73. The van der Waals surface area contributed by atoms with Crippen LogP contribution >= 0.6 is 12.2 Å². The van der Waals surface area contributed by atoms with Gasteiger partial charge in [-0.15, -0.1) is 0 Å². The molecule has 4 heteroatoms. The van der Waals surface area contributed by atoms with E-state index in [1.807, 2.05) is 0 Å². The second kappa shape index (κ2) is 6.21. The van der Waals surface area contributed by atoms with Crippen molar-refractivity contribution < 1.29 is 4.79 Å². The van der Waals surface area contributed by atoms with Crippen molar-refractivity contribution in [2.45, 2.75) is 58.3 Å². The minimum atomic E-state index is -0.519. The molecule has 0 bridgehead atoms. The molecule has 3 N–H and O–H groups in total. The van der Waals surface area contributed by atoms with Gasteiger partial charge in [0.05, 0.1) is 10.4 Å². The van der Waals surface area contributed by atoms with Crippen molar-refractivity contribution in [1.82, 2.24) is 5.32 Å². The van der Waals surface area contributed by atoms with Crippen LogP contribution in [-0.4, -0.2) is 17.4 Å². The predicted molar refractivity (Wildman–Crippen MR) is 81.8 cm³/mol. The summed E-state index contributed by atoms with van der Waals surface area (Å²) in [5.74, 6) is 1.70. The lowest BCUT2D eigenvalue weighted by atomic mass is 9.68. The van der Waals surface area contributed by atoms with Crippen LogP contribution in [0, 0.1) is 17.3 Å². The average molecular weight is 282 g/mol. The Morgan fingerprint density at radius 3 is 2.63 bits per heavy atom. The minimum absolute atomic E-state index is 0.0649. The Morgan fingerprint density at radius 2 is 2.11 bits per heavy atom. The first-order valence-corrected chi connectivity index (χ1v) is 8.03. The van der Waals surface area contributed by atoms with E-state index in [4.69, 9.17) is 18.0 Å². The highest BCUT2D eigenvalue weighted by atomic mass is 32.1. The van der Waals surface area contributed by atoms with Gasteiger partial charge in [-0.25, -0.2) is 0 Å². The number of nitrogens with one attached hydrogen (secondary N) is 1. The first-order valence-electron chi connectivity index (χ1n) is 7.63. The van der Waals surface area contributed by atoms with Crippen molar-refractivity contribution in [1.29, 1.82) is 0 Å². The standard InChI is InChI=1S/C15H26N2OS/c1-11-4-2-5-12(10-11)6-9-17-14(18)15(13(16)19)7-3-8-15/h11-12H,2-10H2,1H3,(H2,16,19)(H,17,18). The minimum Gasteiger partial charge on any atom is -0.392 e. The summed E-state index contributed by atoms with van der Waals surface area (Å²) >= 11 is 5.07. The van der Waals surface area contributed by atoms with Gasteiger partial charge in [-0.2, -0.15) is 0 Å². The summed E-state index contributed by atoms with van der Waals surface area (Å²) in [6.07, 6.45) is 9.17. The Morgan fingerprint density at radius 1 is 1.37 bits per heavy atom. The molecule has 2 saturated carbocycles. The second-order valence-electron chi connectivity index (χ2n) is 6.48.